The molecule has 0 radical (unpaired) electrons. The summed E-state index contributed by atoms with van der Waals surface area (Å²) in [5.41, 5.74) is 0. The van der Waals surface area contributed by atoms with Crippen LogP contribution in [0.2, 0.25) is 0 Å². The Morgan fingerprint density at radius 2 is 0.254 bits per heavy atom. The molecule has 0 bridgehead atoms. The molecule has 0 aromatic carbocycles. The van der Waals surface area contributed by atoms with Gasteiger partial charge in [-0.15, -0.1) is 0 Å². The molecule has 0 amide bonds. The molecule has 1 unspecified atom stereocenters. The maximum absolute atomic E-state index is 2.73. The van der Waals surface area contributed by atoms with E-state index in [2.05, 4.69) is 145 Å². The van der Waals surface area contributed by atoms with E-state index in [1.54, 1.807) is 123 Å². The molecule has 0 fully saturated rings. The van der Waals surface area contributed by atoms with Gasteiger partial charge in [0.05, 0.1) is 117 Å². The molecule has 0 aliphatic carbocycles. The summed E-state index contributed by atoms with van der Waals surface area (Å²) >= 11 is 0. The zero-order valence-corrected chi connectivity index (χ0v) is 92.6. The molecule has 0 rings (SSSR count). The molecule has 1 atom stereocenters. The normalized spacial score (nSPS) is 12.3. The summed E-state index contributed by atoms with van der Waals surface area (Å²) < 4.78 is 0. The van der Waals surface area contributed by atoms with Crippen LogP contribution in [0.1, 0.15) is 601 Å². The zero-order chi connectivity index (χ0) is 88.4. The standard InChI is InChI=1S/C28H60P.C25H54P.C24H52P.C20H44P.C16H36P/c1-5-9-13-14-15-16-17-18-19-20-21-22-23-24-28-29(25-10-6-2,26-11-7-3)27-12-8-4;1-5-8-11-14-17-20-23-26(4,24-21-18-15-12-9-6-2)25-22-19-16-13-10-7-3;1-5-9-13-17-21-25(22-18-14-10-6-2,23-19-15-11-7-3)24-20-16-12-8-4;1-6-11-15-20(10-5)19-21(16-12-7-2,17-13-8-3)18-14-9-4;1-5-9-13-17(14-10-6-2,15-11-7-3)16-12-8-4/h5-28H2,1-4H3;5-25H2,1-4H3;5-24H2,1-4H3;20H,6-19H2,1-5H3;5-16H2,1-4H3/q5*+1. The van der Waals surface area contributed by atoms with Gasteiger partial charge in [0.2, 0.25) is 0 Å². The van der Waals surface area contributed by atoms with E-state index in [9.17, 15) is 0 Å². The lowest BCUT2D eigenvalue weighted by molar-refractivity contribution is 0.494. The third kappa shape index (κ3) is 88.8. The van der Waals surface area contributed by atoms with E-state index in [0.717, 1.165) is 5.92 Å². The molecule has 0 saturated heterocycles. The molecule has 0 aliphatic heterocycles. The average Bonchev–Trinajstić information content (AvgIpc) is 0.873. The van der Waals surface area contributed by atoms with Crippen molar-refractivity contribution in [2.24, 2.45) is 5.92 Å². The van der Waals surface area contributed by atoms with E-state index in [-0.39, 0.29) is 0 Å². The second-order valence-corrected chi connectivity index (χ2v) is 62.7. The molecular formula is C113H246P5+5. The molecule has 0 N–H and O–H groups in total. The maximum Gasteiger partial charge on any atom is 0.0622 e. The maximum atomic E-state index is 2.73. The second-order valence-electron chi connectivity index (χ2n) is 40.3. The predicted molar refractivity (Wildman–Crippen MR) is 582 cm³/mol. The van der Waals surface area contributed by atoms with E-state index in [1.807, 2.05) is 0 Å². The van der Waals surface area contributed by atoms with Gasteiger partial charge in [-0.05, 0) is 186 Å². The predicted octanol–water partition coefficient (Wildman–Crippen LogP) is 43.8. The first-order valence-electron chi connectivity index (χ1n) is 56.8. The average molecular weight is 1760 g/mol. The van der Waals surface area contributed by atoms with Crippen LogP contribution >= 0.6 is 36.3 Å². The van der Waals surface area contributed by atoms with E-state index >= 15 is 0 Å². The zero-order valence-electron chi connectivity index (χ0n) is 88.2. The number of unbranched alkanes of at least 4 members (excludes halogenated alkanes) is 51. The fourth-order valence-electron chi connectivity index (χ4n) is 19.3. The Kier molecular flexibility index (Phi) is 114. The largest absolute Gasteiger partial charge is 0.0654 e. The summed E-state index contributed by atoms with van der Waals surface area (Å²) in [5.74, 6) is 1.03. The fraction of sp³-hybridized carbons (Fsp3) is 1.00. The fourth-order valence-corrected chi connectivity index (χ4v) is 44.1. The van der Waals surface area contributed by atoms with Gasteiger partial charge in [-0.3, -0.25) is 0 Å². The van der Waals surface area contributed by atoms with Gasteiger partial charge < -0.3 is 0 Å². The lowest BCUT2D eigenvalue weighted by atomic mass is 10.0. The molecule has 0 spiro atoms. The van der Waals surface area contributed by atoms with E-state index in [0.29, 0.717) is 0 Å². The monoisotopic (exact) mass is 1760 g/mol. The van der Waals surface area contributed by atoms with Crippen LogP contribution in [0, 0.1) is 5.92 Å². The van der Waals surface area contributed by atoms with Crippen LogP contribution in [-0.2, 0) is 0 Å². The number of hydrogen-bond donors (Lipinski definition) is 0. The molecule has 0 nitrogen and oxygen atoms in total. The highest BCUT2D eigenvalue weighted by Gasteiger charge is 2.39. The van der Waals surface area contributed by atoms with Crippen LogP contribution < -0.4 is 0 Å². The smallest absolute Gasteiger partial charge is 0.0622 e. The number of rotatable bonds is 92. The van der Waals surface area contributed by atoms with Gasteiger partial charge in [0.15, 0.2) is 0 Å². The Morgan fingerprint density at radius 3 is 0.415 bits per heavy atom. The van der Waals surface area contributed by atoms with E-state index < -0.39 is 36.3 Å². The molecule has 0 aliphatic rings. The van der Waals surface area contributed by atoms with Crippen molar-refractivity contribution in [1.82, 2.24) is 0 Å². The van der Waals surface area contributed by atoms with Gasteiger partial charge in [0.1, 0.15) is 0 Å². The number of hydrogen-bond acceptors (Lipinski definition) is 0. The van der Waals surface area contributed by atoms with Gasteiger partial charge in [-0.1, -0.05) is 421 Å². The van der Waals surface area contributed by atoms with Crippen molar-refractivity contribution in [2.75, 3.05) is 124 Å². The summed E-state index contributed by atoms with van der Waals surface area (Å²) in [5, 5.41) is 0. The van der Waals surface area contributed by atoms with Crippen molar-refractivity contribution in [3.05, 3.63) is 0 Å². The molecular weight excluding hydrogens is 1510 g/mol. The minimum atomic E-state index is -0.659. The van der Waals surface area contributed by atoms with Gasteiger partial charge in [0, 0.05) is 43.0 Å². The Hall–Kier alpha value is 2.15. The molecule has 118 heavy (non-hydrogen) atoms. The van der Waals surface area contributed by atoms with Crippen molar-refractivity contribution >= 4 is 36.3 Å². The first kappa shape index (κ1) is 129. The Balaban J connectivity index is -0.000000455. The lowest BCUT2D eigenvalue weighted by Crippen LogP contribution is -2.18. The van der Waals surface area contributed by atoms with E-state index in [4.69, 9.17) is 0 Å². The first-order chi connectivity index (χ1) is 57.6. The molecule has 0 aromatic heterocycles. The summed E-state index contributed by atoms with van der Waals surface area (Å²) in [6.45, 7) is 49.9. The van der Waals surface area contributed by atoms with Crippen LogP contribution in [0.5, 0.6) is 0 Å². The highest BCUT2D eigenvalue weighted by molar-refractivity contribution is 7.77. The SMILES string of the molecule is CCCCC(CC)C[P+](CCCC)(CCCC)CCCC.CCCCCCCCCCCCCCCC[P+](CCCC)(CCCC)CCCC.CCCCCCCC[P+](C)(CCCCCCCC)CCCCCCCC.CCCCCC[P+](CCCCCC)(CCCCCC)CCCCCC.CCCC[P+](CCCC)(CCCC)CCCC. The van der Waals surface area contributed by atoms with Crippen LogP contribution in [0.3, 0.4) is 0 Å². The second kappa shape index (κ2) is 105. The minimum Gasteiger partial charge on any atom is -0.0654 e. The van der Waals surface area contributed by atoms with Crippen LogP contribution in [-0.4, -0.2) is 124 Å². The van der Waals surface area contributed by atoms with Gasteiger partial charge in [0.25, 0.3) is 0 Å². The molecule has 718 valence electrons. The van der Waals surface area contributed by atoms with Crippen molar-refractivity contribution in [2.45, 2.75) is 601 Å². The molecule has 5 heteroatoms. The van der Waals surface area contributed by atoms with Crippen molar-refractivity contribution < 1.29 is 0 Å². The first-order valence-corrected chi connectivity index (χ1v) is 69.7. The van der Waals surface area contributed by atoms with E-state index in [1.165, 1.54) is 456 Å². The highest BCUT2D eigenvalue weighted by atomic mass is 31.2. The summed E-state index contributed by atoms with van der Waals surface area (Å²) in [6, 6.07) is 0. The van der Waals surface area contributed by atoms with Crippen LogP contribution in [0.25, 0.3) is 0 Å². The Morgan fingerprint density at radius 1 is 0.127 bits per heavy atom. The van der Waals surface area contributed by atoms with Crippen molar-refractivity contribution in [3.63, 3.8) is 0 Å². The Bertz CT molecular complexity index is 1570. The lowest BCUT2D eigenvalue weighted by Gasteiger charge is -2.31. The summed E-state index contributed by atoms with van der Waals surface area (Å²) in [6.07, 6.45) is 136. The third-order valence-electron chi connectivity index (χ3n) is 28.1. The molecule has 0 saturated carbocycles. The third-order valence-corrected chi connectivity index (χ3v) is 52.6. The van der Waals surface area contributed by atoms with Crippen LogP contribution in [0.15, 0.2) is 0 Å². The van der Waals surface area contributed by atoms with Crippen molar-refractivity contribution in [1.29, 1.82) is 0 Å². The highest BCUT2D eigenvalue weighted by Crippen LogP contribution is 2.65. The van der Waals surface area contributed by atoms with Gasteiger partial charge in [-0.2, -0.15) is 0 Å². The minimum absolute atomic E-state index is 0.562. The van der Waals surface area contributed by atoms with Gasteiger partial charge >= 0.3 is 0 Å². The van der Waals surface area contributed by atoms with Gasteiger partial charge in [-0.25, -0.2) is 0 Å². The quantitative estimate of drug-likeness (QED) is 0.0421. The summed E-state index contributed by atoms with van der Waals surface area (Å²) in [4.78, 5) is 0. The Labute approximate surface area is 761 Å². The summed E-state index contributed by atoms with van der Waals surface area (Å²) in [7, 11) is -3.14. The van der Waals surface area contributed by atoms with Crippen molar-refractivity contribution in [3.8, 4) is 0 Å². The molecule has 0 aromatic rings. The van der Waals surface area contributed by atoms with Crippen LogP contribution in [0.4, 0.5) is 0 Å². The molecule has 0 heterocycles. The topological polar surface area (TPSA) is 0 Å².